The van der Waals surface area contributed by atoms with Crippen molar-refractivity contribution < 1.29 is 14.3 Å². The Kier molecular flexibility index (Phi) is 8.07. The number of aryl methyl sites for hydroxylation is 1. The van der Waals surface area contributed by atoms with Crippen LogP contribution in [-0.4, -0.2) is 49.1 Å². The molecule has 27 heavy (non-hydrogen) atoms. The molecule has 146 valence electrons. The van der Waals surface area contributed by atoms with E-state index in [4.69, 9.17) is 9.47 Å². The summed E-state index contributed by atoms with van der Waals surface area (Å²) in [6.07, 6.45) is 1.58. The highest BCUT2D eigenvalue weighted by atomic mass is 16.5. The number of ether oxygens (including phenoxy) is 2. The second-order valence-corrected chi connectivity index (χ2v) is 6.23. The minimum absolute atomic E-state index is 0.152. The number of methoxy groups -OCH3 is 1. The van der Waals surface area contributed by atoms with Crippen LogP contribution in [0.3, 0.4) is 0 Å². The van der Waals surface area contributed by atoms with Crippen molar-refractivity contribution in [3.05, 3.63) is 53.3 Å². The summed E-state index contributed by atoms with van der Waals surface area (Å²) in [5.41, 5.74) is 2.37. The van der Waals surface area contributed by atoms with E-state index in [1.165, 1.54) is 0 Å². The smallest absolute Gasteiger partial charge is 0.253 e. The number of carbonyl (C=O) groups excluding carboxylic acids is 1. The molecule has 0 unspecified atom stereocenters. The van der Waals surface area contributed by atoms with Gasteiger partial charge in [-0.25, -0.2) is 0 Å². The van der Waals surface area contributed by atoms with Crippen LogP contribution in [0.15, 0.2) is 36.5 Å². The molecule has 2 aromatic rings. The van der Waals surface area contributed by atoms with Gasteiger partial charge in [0.2, 0.25) is 0 Å². The van der Waals surface area contributed by atoms with Gasteiger partial charge < -0.3 is 19.7 Å². The Morgan fingerprint density at radius 1 is 1.15 bits per heavy atom. The van der Waals surface area contributed by atoms with Gasteiger partial charge in [0, 0.05) is 25.0 Å². The van der Waals surface area contributed by atoms with Crippen LogP contribution in [0, 0.1) is 6.92 Å². The Morgan fingerprint density at radius 2 is 1.93 bits per heavy atom. The first-order valence-corrected chi connectivity index (χ1v) is 9.30. The molecule has 1 N–H and O–H groups in total. The maximum absolute atomic E-state index is 12.2. The number of benzene rings is 1. The fourth-order valence-corrected chi connectivity index (χ4v) is 2.65. The summed E-state index contributed by atoms with van der Waals surface area (Å²) in [5, 5.41) is 2.90. The standard InChI is InChI=1S/C21H29N3O3/c1-5-24(6-2)11-12-27-19-10-8-17(13-20(19)26-4)14-23-21(25)18-9-7-16(3)22-15-18/h7-10,13,15H,5-6,11-12,14H2,1-4H3,(H,23,25). The van der Waals surface area contributed by atoms with E-state index < -0.39 is 0 Å². The lowest BCUT2D eigenvalue weighted by Crippen LogP contribution is -2.28. The van der Waals surface area contributed by atoms with Gasteiger partial charge in [-0.1, -0.05) is 19.9 Å². The number of aromatic nitrogens is 1. The molecule has 0 saturated heterocycles. The molecule has 6 heteroatoms. The Morgan fingerprint density at radius 3 is 2.56 bits per heavy atom. The van der Waals surface area contributed by atoms with Crippen LogP contribution in [0.2, 0.25) is 0 Å². The summed E-state index contributed by atoms with van der Waals surface area (Å²) in [5.74, 6) is 1.22. The van der Waals surface area contributed by atoms with Crippen molar-refractivity contribution in [2.75, 3.05) is 33.4 Å². The lowest BCUT2D eigenvalue weighted by atomic mass is 10.2. The molecule has 0 radical (unpaired) electrons. The fourth-order valence-electron chi connectivity index (χ4n) is 2.65. The van der Waals surface area contributed by atoms with Crippen LogP contribution >= 0.6 is 0 Å². The molecule has 0 spiro atoms. The molecule has 6 nitrogen and oxygen atoms in total. The van der Waals surface area contributed by atoms with Crippen molar-refractivity contribution in [1.29, 1.82) is 0 Å². The quantitative estimate of drug-likeness (QED) is 0.695. The zero-order chi connectivity index (χ0) is 19.6. The normalized spacial score (nSPS) is 10.7. The van der Waals surface area contributed by atoms with Crippen LogP contribution in [0.25, 0.3) is 0 Å². The van der Waals surface area contributed by atoms with Crippen LogP contribution in [0.4, 0.5) is 0 Å². The third-order valence-corrected chi connectivity index (χ3v) is 4.41. The topological polar surface area (TPSA) is 63.7 Å². The highest BCUT2D eigenvalue weighted by Crippen LogP contribution is 2.28. The summed E-state index contributed by atoms with van der Waals surface area (Å²) in [4.78, 5) is 18.6. The molecule has 0 aliphatic rings. The first-order valence-electron chi connectivity index (χ1n) is 9.30. The minimum atomic E-state index is -0.152. The first-order chi connectivity index (χ1) is 13.1. The molecule has 2 rings (SSSR count). The van der Waals surface area contributed by atoms with Gasteiger partial charge in [0.1, 0.15) is 6.61 Å². The second-order valence-electron chi connectivity index (χ2n) is 6.23. The molecule has 1 aromatic carbocycles. The number of nitrogens with zero attached hydrogens (tertiary/aromatic N) is 2. The average molecular weight is 371 g/mol. The van der Waals surface area contributed by atoms with Gasteiger partial charge >= 0.3 is 0 Å². The molecule has 0 fully saturated rings. The Bertz CT molecular complexity index is 728. The van der Waals surface area contributed by atoms with Crippen molar-refractivity contribution in [1.82, 2.24) is 15.2 Å². The summed E-state index contributed by atoms with van der Waals surface area (Å²) in [7, 11) is 1.62. The third-order valence-electron chi connectivity index (χ3n) is 4.41. The average Bonchev–Trinajstić information content (AvgIpc) is 2.70. The lowest BCUT2D eigenvalue weighted by molar-refractivity contribution is 0.0950. The number of hydrogen-bond acceptors (Lipinski definition) is 5. The minimum Gasteiger partial charge on any atom is -0.493 e. The van der Waals surface area contributed by atoms with Crippen LogP contribution in [-0.2, 0) is 6.54 Å². The van der Waals surface area contributed by atoms with Crippen molar-refractivity contribution in [3.8, 4) is 11.5 Å². The van der Waals surface area contributed by atoms with Crippen molar-refractivity contribution in [3.63, 3.8) is 0 Å². The van der Waals surface area contributed by atoms with Crippen molar-refractivity contribution in [2.24, 2.45) is 0 Å². The fraction of sp³-hybridized carbons (Fsp3) is 0.429. The van der Waals surface area contributed by atoms with Crippen molar-refractivity contribution >= 4 is 5.91 Å². The van der Waals surface area contributed by atoms with E-state index >= 15 is 0 Å². The van der Waals surface area contributed by atoms with E-state index in [9.17, 15) is 4.79 Å². The van der Waals surface area contributed by atoms with E-state index in [1.54, 1.807) is 19.4 Å². The summed E-state index contributed by atoms with van der Waals surface area (Å²) in [6, 6.07) is 9.30. The number of carbonyl (C=O) groups is 1. The van der Waals surface area contributed by atoms with Crippen LogP contribution in [0.1, 0.15) is 35.5 Å². The maximum Gasteiger partial charge on any atom is 0.253 e. The number of pyridine rings is 1. The Labute approximate surface area is 161 Å². The molecule has 0 atom stereocenters. The lowest BCUT2D eigenvalue weighted by Gasteiger charge is -2.19. The predicted octanol–water partition coefficient (Wildman–Crippen LogP) is 3.05. The number of nitrogens with one attached hydrogen (secondary N) is 1. The van der Waals surface area contributed by atoms with E-state index in [-0.39, 0.29) is 5.91 Å². The van der Waals surface area contributed by atoms with Crippen molar-refractivity contribution in [2.45, 2.75) is 27.3 Å². The zero-order valence-electron chi connectivity index (χ0n) is 16.6. The first kappa shape index (κ1) is 20.7. The maximum atomic E-state index is 12.2. The summed E-state index contributed by atoms with van der Waals surface area (Å²) in [6.45, 7) is 10.1. The predicted molar refractivity (Wildman–Crippen MR) is 106 cm³/mol. The summed E-state index contributed by atoms with van der Waals surface area (Å²) < 4.78 is 11.3. The van der Waals surface area contributed by atoms with E-state index in [0.717, 1.165) is 30.9 Å². The van der Waals surface area contributed by atoms with Gasteiger partial charge in [-0.3, -0.25) is 9.78 Å². The van der Waals surface area contributed by atoms with Gasteiger partial charge in [0.25, 0.3) is 5.91 Å². The number of rotatable bonds is 10. The molecule has 1 amide bonds. The van der Waals surface area contributed by atoms with Crippen LogP contribution < -0.4 is 14.8 Å². The molecule has 0 aliphatic heterocycles. The summed E-state index contributed by atoms with van der Waals surface area (Å²) >= 11 is 0. The molecule has 0 aliphatic carbocycles. The number of likely N-dealkylation sites (N-methyl/N-ethyl adjacent to an activating group) is 1. The van der Waals surface area contributed by atoms with Gasteiger partial charge in [-0.15, -0.1) is 0 Å². The van der Waals surface area contributed by atoms with Gasteiger partial charge in [-0.2, -0.15) is 0 Å². The largest absolute Gasteiger partial charge is 0.493 e. The number of hydrogen-bond donors (Lipinski definition) is 1. The van der Waals surface area contributed by atoms with Crippen LogP contribution in [0.5, 0.6) is 11.5 Å². The van der Waals surface area contributed by atoms with Gasteiger partial charge in [0.05, 0.1) is 12.7 Å². The third kappa shape index (κ3) is 6.25. The van der Waals surface area contributed by atoms with E-state index in [0.29, 0.717) is 30.2 Å². The Balaban J connectivity index is 1.92. The molecular weight excluding hydrogens is 342 g/mol. The SMILES string of the molecule is CCN(CC)CCOc1ccc(CNC(=O)c2ccc(C)nc2)cc1OC. The molecule has 0 saturated carbocycles. The molecule has 0 bridgehead atoms. The van der Waals surface area contributed by atoms with E-state index in [1.807, 2.05) is 31.2 Å². The highest BCUT2D eigenvalue weighted by Gasteiger charge is 2.09. The molecule has 1 aromatic heterocycles. The molecule has 1 heterocycles. The monoisotopic (exact) mass is 371 g/mol. The highest BCUT2D eigenvalue weighted by molar-refractivity contribution is 5.93. The van der Waals surface area contributed by atoms with Gasteiger partial charge in [-0.05, 0) is 49.8 Å². The number of amides is 1. The van der Waals surface area contributed by atoms with Gasteiger partial charge in [0.15, 0.2) is 11.5 Å². The Hall–Kier alpha value is -2.60. The zero-order valence-corrected chi connectivity index (χ0v) is 16.6. The molecular formula is C21H29N3O3. The second kappa shape index (κ2) is 10.5. The van der Waals surface area contributed by atoms with E-state index in [2.05, 4.69) is 29.0 Å².